The van der Waals surface area contributed by atoms with Crippen LogP contribution in [0.1, 0.15) is 490 Å². The molecule has 0 radical (unpaired) electrons. The number of rotatable bonds is 90. The summed E-state index contributed by atoms with van der Waals surface area (Å²) < 4.78 is 68.9. The highest BCUT2D eigenvalue weighted by Crippen LogP contribution is 2.45. The van der Waals surface area contributed by atoms with E-state index in [-0.39, 0.29) is 25.7 Å². The van der Waals surface area contributed by atoms with Crippen LogP contribution in [-0.4, -0.2) is 96.7 Å². The van der Waals surface area contributed by atoms with Crippen LogP contribution >= 0.6 is 15.6 Å². The Morgan fingerprint density at radius 1 is 0.222 bits per heavy atom. The van der Waals surface area contributed by atoms with Crippen molar-refractivity contribution in [3.63, 3.8) is 0 Å². The summed E-state index contributed by atoms with van der Waals surface area (Å²) in [5.41, 5.74) is 0. The van der Waals surface area contributed by atoms with Crippen LogP contribution in [0.4, 0.5) is 0 Å². The summed E-state index contributed by atoms with van der Waals surface area (Å²) in [7, 11) is -9.92. The number of phosphoric acid groups is 2. The second-order valence-electron chi connectivity index (χ2n) is 32.0. The minimum atomic E-state index is -4.97. The SMILES string of the molecule is CCCCCCCCCCCCCCCCCCCCCCCCC(=O)OC[C@H](COP(=O)(O)OC[C@@H](O)COP(=O)(O)OC[C@@H](COC(=O)CCCCCCCCCC)OC(=O)CCCCCCCCCCCCCCCCCC)OC(=O)CCCCCCCCCCCCCCCCCCCCCCCC. The van der Waals surface area contributed by atoms with Crippen molar-refractivity contribution in [2.24, 2.45) is 0 Å². The molecule has 0 aromatic rings. The van der Waals surface area contributed by atoms with Crippen molar-refractivity contribution in [1.29, 1.82) is 0 Å². The summed E-state index contributed by atoms with van der Waals surface area (Å²) in [6.45, 7) is 5.04. The molecule has 0 saturated carbocycles. The second kappa shape index (κ2) is 83.0. The lowest BCUT2D eigenvalue weighted by atomic mass is 10.0. The number of aliphatic hydroxyl groups excluding tert-OH is 1. The first-order valence-electron chi connectivity index (χ1n) is 46.3. The van der Waals surface area contributed by atoms with Crippen LogP contribution in [0.15, 0.2) is 0 Å². The summed E-state index contributed by atoms with van der Waals surface area (Å²) in [5, 5.41) is 10.7. The van der Waals surface area contributed by atoms with E-state index in [9.17, 15) is 43.2 Å². The summed E-state index contributed by atoms with van der Waals surface area (Å²) in [5.74, 6) is -2.10. The van der Waals surface area contributed by atoms with Gasteiger partial charge in [-0.3, -0.25) is 37.3 Å². The van der Waals surface area contributed by atoms with E-state index in [0.717, 1.165) is 89.9 Å². The van der Waals surface area contributed by atoms with Crippen molar-refractivity contribution in [1.82, 2.24) is 0 Å². The molecule has 2 unspecified atom stereocenters. The maximum Gasteiger partial charge on any atom is 0.472 e. The van der Waals surface area contributed by atoms with E-state index in [1.165, 1.54) is 321 Å². The molecule has 0 saturated heterocycles. The van der Waals surface area contributed by atoms with E-state index in [2.05, 4.69) is 27.7 Å². The molecule has 5 atom stereocenters. The van der Waals surface area contributed by atoms with E-state index in [1.807, 2.05) is 0 Å². The molecule has 0 fully saturated rings. The fourth-order valence-corrected chi connectivity index (χ4v) is 15.6. The predicted molar refractivity (Wildman–Crippen MR) is 446 cm³/mol. The summed E-state index contributed by atoms with van der Waals surface area (Å²) >= 11 is 0. The van der Waals surface area contributed by atoms with Gasteiger partial charge in [0, 0.05) is 25.7 Å². The molecular weight excluding hydrogens is 1400 g/mol. The molecule has 0 aliphatic carbocycles. The molecule has 0 aliphatic heterocycles. The maximum absolute atomic E-state index is 13.2. The van der Waals surface area contributed by atoms with Crippen LogP contribution in [-0.2, 0) is 65.4 Å². The number of hydrogen-bond acceptors (Lipinski definition) is 15. The molecule has 642 valence electrons. The van der Waals surface area contributed by atoms with Crippen LogP contribution < -0.4 is 0 Å². The van der Waals surface area contributed by atoms with Gasteiger partial charge in [-0.1, -0.05) is 439 Å². The van der Waals surface area contributed by atoms with Gasteiger partial charge < -0.3 is 33.8 Å². The van der Waals surface area contributed by atoms with Gasteiger partial charge in [0.15, 0.2) is 12.2 Å². The number of aliphatic hydroxyl groups is 1. The minimum Gasteiger partial charge on any atom is -0.462 e. The first kappa shape index (κ1) is 106. The zero-order valence-corrected chi connectivity index (χ0v) is 72.6. The molecule has 0 amide bonds. The normalized spacial score (nSPS) is 13.7. The number of phosphoric ester groups is 2. The van der Waals surface area contributed by atoms with E-state index < -0.39 is 97.5 Å². The highest BCUT2D eigenvalue weighted by Gasteiger charge is 2.30. The number of carbonyl (C=O) groups excluding carboxylic acids is 4. The summed E-state index contributed by atoms with van der Waals surface area (Å²) in [6, 6.07) is 0. The zero-order valence-electron chi connectivity index (χ0n) is 70.8. The molecule has 0 bridgehead atoms. The van der Waals surface area contributed by atoms with Gasteiger partial charge in [-0.05, 0) is 25.7 Å². The molecular formula is C89H174O17P2. The Morgan fingerprint density at radius 2 is 0.370 bits per heavy atom. The van der Waals surface area contributed by atoms with Gasteiger partial charge in [0.2, 0.25) is 0 Å². The van der Waals surface area contributed by atoms with E-state index in [0.29, 0.717) is 25.7 Å². The minimum absolute atomic E-state index is 0.109. The Kier molecular flexibility index (Phi) is 81.5. The van der Waals surface area contributed by atoms with Gasteiger partial charge in [-0.2, -0.15) is 0 Å². The third-order valence-corrected chi connectivity index (χ3v) is 23.0. The van der Waals surface area contributed by atoms with E-state index >= 15 is 0 Å². The lowest BCUT2D eigenvalue weighted by Crippen LogP contribution is -2.30. The molecule has 0 rings (SSSR count). The lowest BCUT2D eigenvalue weighted by molar-refractivity contribution is -0.161. The number of unbranched alkanes of at least 4 members (excludes halogenated alkanes) is 64. The molecule has 0 heterocycles. The second-order valence-corrected chi connectivity index (χ2v) is 34.9. The standard InChI is InChI=1S/C89H174O17P2/c1-5-9-13-17-21-25-28-31-34-37-39-41-43-45-47-50-52-55-58-62-66-70-74-87(92)100-80-85(106-89(94)76-72-68-64-60-57-54-51-48-46-44-42-40-38-35-32-29-26-22-18-14-10-6-2)82-104-108(97,98)102-78-83(90)77-101-107(95,96)103-81-84(79-99-86(91)73-69-65-61-24-20-16-12-8-4)105-88(93)75-71-67-63-59-56-53-49-36-33-30-27-23-19-15-11-7-3/h83-85,90H,5-82H2,1-4H3,(H,95,96)(H,97,98)/t83-,84+,85+/m0/s1. The number of carbonyl (C=O) groups is 4. The van der Waals surface area contributed by atoms with Crippen molar-refractivity contribution >= 4 is 39.5 Å². The average molecular weight is 1580 g/mol. The highest BCUT2D eigenvalue weighted by atomic mass is 31.2. The molecule has 0 aromatic heterocycles. The quantitative estimate of drug-likeness (QED) is 0.0222. The van der Waals surface area contributed by atoms with E-state index in [1.54, 1.807) is 0 Å². The Hall–Kier alpha value is -1.94. The van der Waals surface area contributed by atoms with Gasteiger partial charge in [0.1, 0.15) is 19.3 Å². The van der Waals surface area contributed by atoms with Gasteiger partial charge in [0.25, 0.3) is 0 Å². The van der Waals surface area contributed by atoms with Gasteiger partial charge in [-0.15, -0.1) is 0 Å². The van der Waals surface area contributed by atoms with Crippen LogP contribution in [0.2, 0.25) is 0 Å². The lowest BCUT2D eigenvalue weighted by Gasteiger charge is -2.21. The van der Waals surface area contributed by atoms with Crippen molar-refractivity contribution in [3.8, 4) is 0 Å². The average Bonchev–Trinajstić information content (AvgIpc) is 0.898. The molecule has 108 heavy (non-hydrogen) atoms. The molecule has 17 nitrogen and oxygen atoms in total. The highest BCUT2D eigenvalue weighted by molar-refractivity contribution is 7.47. The smallest absolute Gasteiger partial charge is 0.462 e. The van der Waals surface area contributed by atoms with Gasteiger partial charge in [-0.25, -0.2) is 9.13 Å². The number of esters is 4. The molecule has 3 N–H and O–H groups in total. The fourth-order valence-electron chi connectivity index (χ4n) is 14.1. The number of hydrogen-bond donors (Lipinski definition) is 3. The van der Waals surface area contributed by atoms with Crippen molar-refractivity contribution in [2.45, 2.75) is 508 Å². The van der Waals surface area contributed by atoms with Crippen LogP contribution in [0.3, 0.4) is 0 Å². The first-order valence-corrected chi connectivity index (χ1v) is 49.3. The number of ether oxygens (including phenoxy) is 4. The van der Waals surface area contributed by atoms with Crippen molar-refractivity contribution in [2.75, 3.05) is 39.6 Å². The first-order chi connectivity index (χ1) is 52.7. The Bertz CT molecular complexity index is 2030. The van der Waals surface area contributed by atoms with Gasteiger partial charge in [0.05, 0.1) is 26.4 Å². The molecule has 19 heteroatoms. The molecule has 0 aliphatic rings. The van der Waals surface area contributed by atoms with E-state index in [4.69, 9.17) is 37.0 Å². The third kappa shape index (κ3) is 82.1. The Balaban J connectivity index is 5.16. The monoisotopic (exact) mass is 1580 g/mol. The molecule has 0 aromatic carbocycles. The maximum atomic E-state index is 13.2. The topological polar surface area (TPSA) is 237 Å². The predicted octanol–water partition coefficient (Wildman–Crippen LogP) is 27.7. The summed E-state index contributed by atoms with van der Waals surface area (Å²) in [6.07, 6.45) is 79.5. The Labute approximate surface area is 664 Å². The molecule has 0 spiro atoms. The van der Waals surface area contributed by atoms with Crippen molar-refractivity contribution in [3.05, 3.63) is 0 Å². The van der Waals surface area contributed by atoms with Crippen LogP contribution in [0.25, 0.3) is 0 Å². The largest absolute Gasteiger partial charge is 0.472 e. The fraction of sp³-hybridized carbons (Fsp3) is 0.955. The van der Waals surface area contributed by atoms with Crippen LogP contribution in [0, 0.1) is 0 Å². The van der Waals surface area contributed by atoms with Gasteiger partial charge >= 0.3 is 39.5 Å². The van der Waals surface area contributed by atoms with Crippen molar-refractivity contribution < 1.29 is 80.2 Å². The van der Waals surface area contributed by atoms with Crippen LogP contribution in [0.5, 0.6) is 0 Å². The Morgan fingerprint density at radius 3 is 0.546 bits per heavy atom. The zero-order chi connectivity index (χ0) is 78.9. The third-order valence-electron chi connectivity index (χ3n) is 21.1. The summed E-state index contributed by atoms with van der Waals surface area (Å²) in [4.78, 5) is 73.2.